The topological polar surface area (TPSA) is 108 Å². The van der Waals surface area contributed by atoms with Gasteiger partial charge in [-0.05, 0) is 26.3 Å². The summed E-state index contributed by atoms with van der Waals surface area (Å²) in [6, 6.07) is -0.328. The van der Waals surface area contributed by atoms with Crippen molar-refractivity contribution >= 4 is 17.8 Å². The van der Waals surface area contributed by atoms with Gasteiger partial charge in [-0.15, -0.1) is 0 Å². The minimum atomic E-state index is -0.934. The van der Waals surface area contributed by atoms with Gasteiger partial charge in [0.05, 0.1) is 12.5 Å². The van der Waals surface area contributed by atoms with Crippen molar-refractivity contribution in [2.75, 3.05) is 20.1 Å². The van der Waals surface area contributed by atoms with E-state index in [1.807, 2.05) is 0 Å². The van der Waals surface area contributed by atoms with Gasteiger partial charge in [-0.3, -0.25) is 14.4 Å². The number of carbonyl (C=O) groups is 3. The minimum Gasteiger partial charge on any atom is -0.481 e. The average molecular weight is 293 g/mol. The molecule has 1 atom stereocenters. The number of amides is 2. The summed E-state index contributed by atoms with van der Waals surface area (Å²) in [4.78, 5) is 32.7. The Hall–Kier alpha value is -1.63. The number of carboxylic acid groups (broad SMARTS) is 1. The van der Waals surface area contributed by atoms with Crippen molar-refractivity contribution in [3.05, 3.63) is 0 Å². The molecule has 0 fully saturated rings. The van der Waals surface area contributed by atoms with Crippen LogP contribution < -0.4 is 16.0 Å². The fourth-order valence-electron chi connectivity index (χ4n) is 1.56. The molecule has 0 aromatic heterocycles. The molecule has 0 aliphatic heterocycles. The van der Waals surface area contributed by atoms with Gasteiger partial charge in [0.25, 0.3) is 0 Å². The maximum absolute atomic E-state index is 11.7. The standard InChI is InChI=1S/C12H23N3O4.CH4/c1-9(16)14-7-4-3-5-10(13-2)12(19)15-8-6-11(17)18;/h10,13H,3-8H2,1-2H3,(H,14,16)(H,15,19)(H,17,18);1H4/i2+1,8+1,14+1;1+1. The highest BCUT2D eigenvalue weighted by Gasteiger charge is 2.15. The van der Waals surface area contributed by atoms with Crippen molar-refractivity contribution in [3.63, 3.8) is 0 Å². The van der Waals surface area contributed by atoms with Crippen LogP contribution in [0.2, 0.25) is 0 Å². The van der Waals surface area contributed by atoms with Gasteiger partial charge in [0, 0.05) is 20.0 Å². The van der Waals surface area contributed by atoms with Crippen LogP contribution in [0, 0.1) is 0 Å². The fourth-order valence-corrected chi connectivity index (χ4v) is 1.56. The zero-order chi connectivity index (χ0) is 14.7. The molecule has 7 nitrogen and oxygen atoms in total. The van der Waals surface area contributed by atoms with Gasteiger partial charge in [0.15, 0.2) is 0 Å². The molecule has 0 aliphatic carbocycles. The van der Waals surface area contributed by atoms with E-state index in [2.05, 4.69) is 16.0 Å². The van der Waals surface area contributed by atoms with Crippen LogP contribution in [0.1, 0.15) is 40.0 Å². The lowest BCUT2D eigenvalue weighted by molar-refractivity contribution is -0.137. The zero-order valence-electron chi connectivity index (χ0n) is 11.5. The normalized spacial score (nSPS) is 11.1. The van der Waals surface area contributed by atoms with Gasteiger partial charge in [-0.2, -0.15) is 0 Å². The van der Waals surface area contributed by atoms with E-state index in [9.17, 15) is 14.4 Å². The number of hydrogen-bond donors (Lipinski definition) is 4. The lowest BCUT2D eigenvalue weighted by Gasteiger charge is -2.15. The molecular formula is C13H27N3O4. The van der Waals surface area contributed by atoms with Crippen LogP contribution in [0.25, 0.3) is 0 Å². The SMILES string of the molecule is CC(=O)[15NH]CCCCC(N[13CH3])C(=O)N[13CH2]CC(=O)O.[13CH4]. The average Bonchev–Trinajstić information content (AvgIpc) is 2.32. The molecule has 0 bridgehead atoms. The maximum atomic E-state index is 11.7. The van der Waals surface area contributed by atoms with Crippen LogP contribution in [0.15, 0.2) is 0 Å². The molecule has 0 saturated carbocycles. The second-order valence-corrected chi connectivity index (χ2v) is 4.25. The number of hydrogen-bond acceptors (Lipinski definition) is 4. The summed E-state index contributed by atoms with van der Waals surface area (Å²) in [5.74, 6) is -1.18. The summed E-state index contributed by atoms with van der Waals surface area (Å²) in [5, 5.41) is 16.6. The number of aliphatic carboxylic acids is 1. The Bertz CT molecular complexity index is 308. The number of carboxylic acids is 1. The smallest absolute Gasteiger partial charge is 0.305 e. The third kappa shape index (κ3) is 11.5. The van der Waals surface area contributed by atoms with Crippen molar-refractivity contribution in [3.8, 4) is 0 Å². The van der Waals surface area contributed by atoms with E-state index in [4.69, 9.17) is 5.11 Å². The Balaban J connectivity index is 0. The van der Waals surface area contributed by atoms with E-state index in [0.717, 1.165) is 12.8 Å². The summed E-state index contributed by atoms with van der Waals surface area (Å²) >= 11 is 0. The lowest BCUT2D eigenvalue weighted by atomic mass is 10.1. The largest absolute Gasteiger partial charge is 0.481 e. The molecule has 2 amide bonds. The quantitative estimate of drug-likeness (QED) is 0.260. The number of nitrogens with one attached hydrogen (secondary N) is 3. The van der Waals surface area contributed by atoms with Crippen molar-refractivity contribution in [1.29, 1.82) is 0 Å². The molecule has 0 aromatic rings. The predicted molar refractivity (Wildman–Crippen MR) is 77.4 cm³/mol. The Kier molecular flexibility index (Phi) is 12.8. The first-order valence-corrected chi connectivity index (χ1v) is 6.38. The molecule has 118 valence electrons. The van der Waals surface area contributed by atoms with Crippen molar-refractivity contribution in [2.45, 2.75) is 46.1 Å². The molecule has 0 aromatic carbocycles. The van der Waals surface area contributed by atoms with Gasteiger partial charge in [-0.1, -0.05) is 7.43 Å². The Morgan fingerprint density at radius 3 is 2.25 bits per heavy atom. The van der Waals surface area contributed by atoms with Crippen molar-refractivity contribution < 1.29 is 19.5 Å². The van der Waals surface area contributed by atoms with E-state index < -0.39 is 5.97 Å². The van der Waals surface area contributed by atoms with Crippen LogP contribution in [0.3, 0.4) is 0 Å². The molecule has 7 heteroatoms. The first-order chi connectivity index (χ1) is 8.97. The van der Waals surface area contributed by atoms with Crippen LogP contribution in [-0.2, 0) is 14.4 Å². The van der Waals surface area contributed by atoms with Crippen LogP contribution >= 0.6 is 0 Å². The summed E-state index contributed by atoms with van der Waals surface area (Å²) < 4.78 is 0. The summed E-state index contributed by atoms with van der Waals surface area (Å²) in [5.41, 5.74) is 0. The lowest BCUT2D eigenvalue weighted by Crippen LogP contribution is -2.43. The molecule has 0 aliphatic rings. The first-order valence-electron chi connectivity index (χ1n) is 6.38. The van der Waals surface area contributed by atoms with Gasteiger partial charge in [0.2, 0.25) is 11.8 Å². The summed E-state index contributed by atoms with van der Waals surface area (Å²) in [6.07, 6.45) is 2.18. The van der Waals surface area contributed by atoms with Gasteiger partial charge in [0.1, 0.15) is 0 Å². The zero-order valence-corrected chi connectivity index (χ0v) is 11.5. The van der Waals surface area contributed by atoms with Crippen LogP contribution in [0.5, 0.6) is 0 Å². The van der Waals surface area contributed by atoms with Gasteiger partial charge < -0.3 is 21.1 Å². The molecule has 1 unspecified atom stereocenters. The van der Waals surface area contributed by atoms with E-state index in [1.165, 1.54) is 6.92 Å². The second-order valence-electron chi connectivity index (χ2n) is 4.25. The van der Waals surface area contributed by atoms with Gasteiger partial charge >= 0.3 is 5.97 Å². The fraction of sp³-hybridized carbons (Fsp3) is 0.769. The van der Waals surface area contributed by atoms with E-state index in [1.54, 1.807) is 7.05 Å². The van der Waals surface area contributed by atoms with E-state index in [-0.39, 0.29) is 38.2 Å². The molecule has 0 saturated heterocycles. The number of rotatable bonds is 10. The monoisotopic (exact) mass is 293 g/mol. The van der Waals surface area contributed by atoms with Crippen LogP contribution in [-0.4, -0.2) is 49.1 Å². The number of carbonyl (C=O) groups excluding carboxylic acids is 2. The molecular weight excluding hydrogens is 266 g/mol. The Morgan fingerprint density at radius 1 is 1.10 bits per heavy atom. The first kappa shape index (κ1) is 20.7. The highest BCUT2D eigenvalue weighted by atomic mass is 16.4. The summed E-state index contributed by atoms with van der Waals surface area (Å²) in [7, 11) is 1.69. The predicted octanol–water partition coefficient (Wildman–Crippen LogP) is 0.108. The molecule has 0 radical (unpaired) electrons. The van der Waals surface area contributed by atoms with Crippen LogP contribution in [0.4, 0.5) is 0 Å². The third-order valence-electron chi connectivity index (χ3n) is 2.60. The van der Waals surface area contributed by atoms with Gasteiger partial charge in [-0.25, -0.2) is 0 Å². The molecule has 0 rings (SSSR count). The number of likely N-dealkylation sites (N-methyl/N-ethyl adjacent to an activating group) is 1. The molecule has 4 N–H and O–H groups in total. The molecule has 20 heavy (non-hydrogen) atoms. The van der Waals surface area contributed by atoms with Crippen molar-refractivity contribution in [2.24, 2.45) is 0 Å². The highest BCUT2D eigenvalue weighted by Crippen LogP contribution is 2.00. The maximum Gasteiger partial charge on any atom is 0.305 e. The minimum absolute atomic E-state index is 0. The second kappa shape index (κ2) is 12.4. The molecule has 0 heterocycles. The van der Waals surface area contributed by atoms with E-state index in [0.29, 0.717) is 13.0 Å². The Morgan fingerprint density at radius 2 is 1.75 bits per heavy atom. The highest BCUT2D eigenvalue weighted by molar-refractivity contribution is 5.82. The number of unbranched alkanes of at least 4 members (excludes halogenated alkanes) is 1. The molecule has 0 spiro atoms. The summed E-state index contributed by atoms with van der Waals surface area (Å²) in [6.45, 7) is 2.21. The van der Waals surface area contributed by atoms with Crippen molar-refractivity contribution in [1.82, 2.24) is 16.0 Å². The Labute approximate surface area is 120 Å². The van der Waals surface area contributed by atoms with E-state index >= 15 is 0 Å². The third-order valence-corrected chi connectivity index (χ3v) is 2.60.